The molecule has 0 saturated carbocycles. The number of hydrogen-bond donors (Lipinski definition) is 0. The highest BCUT2D eigenvalue weighted by Gasteiger charge is 2.27. The van der Waals surface area contributed by atoms with E-state index in [1.165, 1.54) is 25.7 Å². The fourth-order valence-electron chi connectivity index (χ4n) is 4.53. The van der Waals surface area contributed by atoms with Crippen molar-refractivity contribution in [1.29, 1.82) is 0 Å². The fourth-order valence-corrected chi connectivity index (χ4v) is 4.53. The third-order valence-electron chi connectivity index (χ3n) is 5.94. The van der Waals surface area contributed by atoms with E-state index in [4.69, 9.17) is 0 Å². The first-order chi connectivity index (χ1) is 11.1. The molecular formula is C22H34O. The molecule has 0 aliphatic heterocycles. The monoisotopic (exact) mass is 314 g/mol. The summed E-state index contributed by atoms with van der Waals surface area (Å²) in [6.45, 7) is 8.95. The Morgan fingerprint density at radius 1 is 0.957 bits per heavy atom. The number of Topliss-reactive ketones (excluding diaryl/α,β-unsaturated/α-hetero) is 1. The molecule has 2 unspecified atom stereocenters. The van der Waals surface area contributed by atoms with Crippen LogP contribution in [0.1, 0.15) is 85.5 Å². The molecule has 1 heteroatoms. The first kappa shape index (κ1) is 18.2. The first-order valence-corrected chi connectivity index (χ1v) is 9.76. The van der Waals surface area contributed by atoms with Crippen molar-refractivity contribution < 1.29 is 4.79 Å². The van der Waals surface area contributed by atoms with Gasteiger partial charge in [-0.2, -0.15) is 0 Å². The number of carbonyl (C=O) groups is 1. The minimum atomic E-state index is 0.391. The molecule has 128 valence electrons. The first-order valence-electron chi connectivity index (χ1n) is 9.76. The van der Waals surface area contributed by atoms with Crippen LogP contribution in [0.25, 0.3) is 0 Å². The predicted molar refractivity (Wildman–Crippen MR) is 99.4 cm³/mol. The lowest BCUT2D eigenvalue weighted by molar-refractivity contribution is -0.116. The van der Waals surface area contributed by atoms with Crippen LogP contribution >= 0.6 is 0 Å². The van der Waals surface area contributed by atoms with Crippen molar-refractivity contribution in [3.8, 4) is 0 Å². The number of ketones is 1. The molecule has 0 fully saturated rings. The summed E-state index contributed by atoms with van der Waals surface area (Å²) in [5.41, 5.74) is 5.97. The highest BCUT2D eigenvalue weighted by Crippen LogP contribution is 2.39. The molecule has 0 bridgehead atoms. The number of rotatable bonds is 6. The Labute approximate surface area is 142 Å². The van der Waals surface area contributed by atoms with Crippen LogP contribution in [0.15, 0.2) is 34.4 Å². The van der Waals surface area contributed by atoms with Crippen molar-refractivity contribution in [2.24, 2.45) is 11.8 Å². The third-order valence-corrected chi connectivity index (χ3v) is 5.94. The maximum atomic E-state index is 12.3. The van der Waals surface area contributed by atoms with Gasteiger partial charge >= 0.3 is 0 Å². The van der Waals surface area contributed by atoms with Crippen molar-refractivity contribution in [3.05, 3.63) is 34.4 Å². The Morgan fingerprint density at radius 3 is 2.09 bits per heavy atom. The van der Waals surface area contributed by atoms with Gasteiger partial charge in [-0.25, -0.2) is 0 Å². The molecule has 0 saturated heterocycles. The van der Waals surface area contributed by atoms with Gasteiger partial charge in [-0.1, -0.05) is 56.6 Å². The predicted octanol–water partition coefficient (Wildman–Crippen LogP) is 6.56. The van der Waals surface area contributed by atoms with Gasteiger partial charge in [0.1, 0.15) is 0 Å². The van der Waals surface area contributed by atoms with E-state index in [9.17, 15) is 4.79 Å². The zero-order valence-electron chi connectivity index (χ0n) is 15.6. The molecule has 2 atom stereocenters. The van der Waals surface area contributed by atoms with Crippen molar-refractivity contribution in [2.45, 2.75) is 85.5 Å². The van der Waals surface area contributed by atoms with Gasteiger partial charge in [-0.05, 0) is 68.8 Å². The summed E-state index contributed by atoms with van der Waals surface area (Å²) in [5, 5.41) is 0. The van der Waals surface area contributed by atoms with Crippen LogP contribution in [0.2, 0.25) is 0 Å². The van der Waals surface area contributed by atoms with Crippen molar-refractivity contribution in [2.75, 3.05) is 0 Å². The molecule has 23 heavy (non-hydrogen) atoms. The molecule has 0 aromatic carbocycles. The smallest absolute Gasteiger partial charge is 0.159 e. The molecule has 0 aromatic heterocycles. The maximum absolute atomic E-state index is 12.3. The summed E-state index contributed by atoms with van der Waals surface area (Å²) in [6.07, 6.45) is 14.7. The average molecular weight is 315 g/mol. The third kappa shape index (κ3) is 4.25. The largest absolute Gasteiger partial charge is 0.295 e. The molecule has 0 heterocycles. The van der Waals surface area contributed by atoms with E-state index in [1.807, 2.05) is 0 Å². The SMILES string of the molecule is CCC1=CCC(C(CC)=C(CC)C2CC=C(CC)C(=O)C2)CC1. The molecule has 1 nitrogen and oxygen atoms in total. The van der Waals surface area contributed by atoms with Gasteiger partial charge in [0.15, 0.2) is 5.78 Å². The Hall–Kier alpha value is -1.11. The number of hydrogen-bond acceptors (Lipinski definition) is 1. The van der Waals surface area contributed by atoms with Crippen LogP contribution in [0, 0.1) is 11.8 Å². The Morgan fingerprint density at radius 2 is 1.61 bits per heavy atom. The second kappa shape index (κ2) is 8.66. The summed E-state index contributed by atoms with van der Waals surface area (Å²) in [6, 6.07) is 0. The van der Waals surface area contributed by atoms with Crippen LogP contribution in [0.3, 0.4) is 0 Å². The van der Waals surface area contributed by atoms with Gasteiger partial charge in [0.25, 0.3) is 0 Å². The summed E-state index contributed by atoms with van der Waals surface area (Å²) < 4.78 is 0. The van der Waals surface area contributed by atoms with Crippen LogP contribution in [0.4, 0.5) is 0 Å². The molecule has 0 aromatic rings. The molecule has 0 amide bonds. The summed E-state index contributed by atoms with van der Waals surface area (Å²) >= 11 is 0. The van der Waals surface area contributed by atoms with Crippen LogP contribution in [-0.2, 0) is 4.79 Å². The van der Waals surface area contributed by atoms with Gasteiger partial charge in [0.05, 0.1) is 0 Å². The second-order valence-electron chi connectivity index (χ2n) is 7.09. The molecule has 0 spiro atoms. The van der Waals surface area contributed by atoms with Gasteiger partial charge in [-0.15, -0.1) is 0 Å². The van der Waals surface area contributed by atoms with Gasteiger partial charge in [0.2, 0.25) is 0 Å². The van der Waals surface area contributed by atoms with E-state index in [2.05, 4.69) is 39.8 Å². The number of carbonyl (C=O) groups excluding carboxylic acids is 1. The Bertz CT molecular complexity index is 518. The fraction of sp³-hybridized carbons (Fsp3) is 0.682. The standard InChI is InChI=1S/C22H34O/c1-5-16-9-11-18(12-10-16)20(7-3)21(8-4)19-14-13-17(6-2)22(23)15-19/h9,13,18-19H,5-8,10-12,14-15H2,1-4H3. The topological polar surface area (TPSA) is 17.1 Å². The van der Waals surface area contributed by atoms with Gasteiger partial charge in [0, 0.05) is 6.42 Å². The quantitative estimate of drug-likeness (QED) is 0.508. The van der Waals surface area contributed by atoms with E-state index in [0.717, 1.165) is 43.6 Å². The van der Waals surface area contributed by atoms with Crippen molar-refractivity contribution in [3.63, 3.8) is 0 Å². The molecule has 2 aliphatic carbocycles. The van der Waals surface area contributed by atoms with Crippen molar-refractivity contribution in [1.82, 2.24) is 0 Å². The normalized spacial score (nSPS) is 26.5. The minimum Gasteiger partial charge on any atom is -0.295 e. The molecule has 0 N–H and O–H groups in total. The zero-order valence-corrected chi connectivity index (χ0v) is 15.6. The highest BCUT2D eigenvalue weighted by molar-refractivity contribution is 5.96. The van der Waals surface area contributed by atoms with E-state index in [-0.39, 0.29) is 0 Å². The zero-order chi connectivity index (χ0) is 16.8. The van der Waals surface area contributed by atoms with Crippen LogP contribution < -0.4 is 0 Å². The lowest BCUT2D eigenvalue weighted by Crippen LogP contribution is -2.20. The molecule has 0 radical (unpaired) electrons. The lowest BCUT2D eigenvalue weighted by Gasteiger charge is -2.31. The summed E-state index contributed by atoms with van der Waals surface area (Å²) in [5.74, 6) is 1.58. The number of allylic oxidation sites excluding steroid dienone is 6. The van der Waals surface area contributed by atoms with Crippen LogP contribution in [0.5, 0.6) is 0 Å². The van der Waals surface area contributed by atoms with E-state index < -0.39 is 0 Å². The molecular weight excluding hydrogens is 280 g/mol. The second-order valence-corrected chi connectivity index (χ2v) is 7.09. The lowest BCUT2D eigenvalue weighted by atomic mass is 9.74. The van der Waals surface area contributed by atoms with Gasteiger partial charge < -0.3 is 0 Å². The Balaban J connectivity index is 2.22. The molecule has 2 rings (SSSR count). The van der Waals surface area contributed by atoms with E-state index in [1.54, 1.807) is 16.7 Å². The van der Waals surface area contributed by atoms with E-state index >= 15 is 0 Å². The van der Waals surface area contributed by atoms with Crippen molar-refractivity contribution >= 4 is 5.78 Å². The molecule has 2 aliphatic rings. The minimum absolute atomic E-state index is 0.391. The van der Waals surface area contributed by atoms with Crippen LogP contribution in [-0.4, -0.2) is 5.78 Å². The van der Waals surface area contributed by atoms with Gasteiger partial charge in [-0.3, -0.25) is 4.79 Å². The summed E-state index contributed by atoms with van der Waals surface area (Å²) in [4.78, 5) is 12.3. The average Bonchev–Trinajstić information content (AvgIpc) is 2.59. The summed E-state index contributed by atoms with van der Waals surface area (Å²) in [7, 11) is 0. The highest BCUT2D eigenvalue weighted by atomic mass is 16.1. The van der Waals surface area contributed by atoms with E-state index in [0.29, 0.717) is 11.7 Å². The Kier molecular flexibility index (Phi) is 6.87. The maximum Gasteiger partial charge on any atom is 0.159 e.